The second kappa shape index (κ2) is 10.4. The van der Waals surface area contributed by atoms with Gasteiger partial charge in [-0.2, -0.15) is 9.97 Å². The van der Waals surface area contributed by atoms with Gasteiger partial charge in [0.2, 0.25) is 5.95 Å². The Morgan fingerprint density at radius 3 is 2.31 bits per heavy atom. The second-order valence-electron chi connectivity index (χ2n) is 11.6. The van der Waals surface area contributed by atoms with Crippen molar-refractivity contribution in [3.8, 4) is 0 Å². The normalized spacial score (nSPS) is 22.1. The van der Waals surface area contributed by atoms with E-state index in [0.29, 0.717) is 30.6 Å². The highest BCUT2D eigenvalue weighted by Gasteiger charge is 2.50. The maximum absolute atomic E-state index is 14.0. The van der Waals surface area contributed by atoms with Gasteiger partial charge >= 0.3 is 7.60 Å². The van der Waals surface area contributed by atoms with E-state index in [9.17, 15) is 4.57 Å². The van der Waals surface area contributed by atoms with Crippen LogP contribution >= 0.6 is 19.2 Å². The molecule has 198 valence electrons. The van der Waals surface area contributed by atoms with Crippen LogP contribution in [0.15, 0.2) is 6.33 Å². The Bertz CT molecular complexity index is 1070. The van der Waals surface area contributed by atoms with Gasteiger partial charge in [0.1, 0.15) is 5.52 Å². The highest BCUT2D eigenvalue weighted by Crippen LogP contribution is 2.61. The van der Waals surface area contributed by atoms with Crippen LogP contribution in [0, 0.1) is 5.92 Å². The van der Waals surface area contributed by atoms with Gasteiger partial charge in [-0.25, -0.2) is 4.98 Å². The lowest BCUT2D eigenvalue weighted by molar-refractivity contribution is 0.127. The fourth-order valence-electron chi connectivity index (χ4n) is 4.30. The van der Waals surface area contributed by atoms with Crippen molar-refractivity contribution in [2.24, 2.45) is 5.92 Å². The number of rotatable bonds is 9. The first-order valence-corrected chi connectivity index (χ1v) is 17.2. The van der Waals surface area contributed by atoms with Crippen molar-refractivity contribution in [1.82, 2.24) is 19.5 Å². The van der Waals surface area contributed by atoms with Gasteiger partial charge < -0.3 is 23.8 Å². The summed E-state index contributed by atoms with van der Waals surface area (Å²) in [7, 11) is -5.47. The van der Waals surface area contributed by atoms with Crippen LogP contribution in [0.1, 0.15) is 61.3 Å². The van der Waals surface area contributed by atoms with E-state index in [1.165, 1.54) is 0 Å². The lowest BCUT2D eigenvalue weighted by atomic mass is 10.1. The molecular formula is C23H41ClN5O4PSi. The summed E-state index contributed by atoms with van der Waals surface area (Å²) in [6, 6.07) is 0. The van der Waals surface area contributed by atoms with Crippen LogP contribution in [0.2, 0.25) is 23.3 Å². The Balaban J connectivity index is 1.97. The Labute approximate surface area is 215 Å². The van der Waals surface area contributed by atoms with E-state index in [1.807, 2.05) is 32.3 Å². The number of imidazole rings is 1. The summed E-state index contributed by atoms with van der Waals surface area (Å²) in [6.45, 7) is 19.3. The number of hydrogen-bond acceptors (Lipinski definition) is 8. The highest BCUT2D eigenvalue weighted by molar-refractivity contribution is 7.54. The quantitative estimate of drug-likeness (QED) is 0.222. The molecule has 0 bridgehead atoms. The SMILES string of the molecule is CC(C)OP(=O)(OC(C)C)[C@@H]1C[C@H](Cn2cnc3c(Cl)nc(N)nc32)[C@@H](O[Si](C)(C)C(C)(C)C)C1. The summed E-state index contributed by atoms with van der Waals surface area (Å²) >= 11 is 6.24. The molecule has 0 aliphatic heterocycles. The van der Waals surface area contributed by atoms with Crippen molar-refractivity contribution in [3.63, 3.8) is 0 Å². The van der Waals surface area contributed by atoms with E-state index >= 15 is 0 Å². The number of fused-ring (bicyclic) bond motifs is 1. The molecule has 12 heteroatoms. The molecule has 0 unspecified atom stereocenters. The predicted octanol–water partition coefficient (Wildman–Crippen LogP) is 6.27. The highest BCUT2D eigenvalue weighted by atomic mass is 35.5. The third kappa shape index (κ3) is 6.46. The lowest BCUT2D eigenvalue weighted by Gasteiger charge is -2.40. The van der Waals surface area contributed by atoms with Crippen LogP contribution in [0.4, 0.5) is 5.95 Å². The summed E-state index contributed by atoms with van der Waals surface area (Å²) < 4.78 is 34.8. The summed E-state index contributed by atoms with van der Waals surface area (Å²) in [5.74, 6) is 0.157. The van der Waals surface area contributed by atoms with E-state index in [-0.39, 0.29) is 46.0 Å². The van der Waals surface area contributed by atoms with E-state index in [4.69, 9.17) is 30.8 Å². The first kappa shape index (κ1) is 28.5. The minimum atomic E-state index is -3.37. The average molecular weight is 546 g/mol. The number of anilines is 1. The van der Waals surface area contributed by atoms with Gasteiger partial charge in [0.05, 0.1) is 30.3 Å². The minimum absolute atomic E-state index is 0.0408. The van der Waals surface area contributed by atoms with E-state index in [0.717, 1.165) is 0 Å². The Kier molecular flexibility index (Phi) is 8.46. The molecule has 1 fully saturated rings. The zero-order chi connectivity index (χ0) is 26.3. The monoisotopic (exact) mass is 545 g/mol. The molecule has 1 aliphatic rings. The van der Waals surface area contributed by atoms with E-state index < -0.39 is 15.9 Å². The summed E-state index contributed by atoms with van der Waals surface area (Å²) in [6.07, 6.45) is 2.43. The number of nitrogen functional groups attached to an aromatic ring is 1. The standard InChI is InChI=1S/C23H41ClN5O4PSi/c1-14(2)31-34(30,32-15(3)4)17-10-16(18(11-17)33-35(8,9)23(5,6)7)12-29-13-26-19-20(24)27-22(25)28-21(19)29/h13-18H,10-12H2,1-9H3,(H2,25,27,28)/t16-,17-,18+/m1/s1. The maximum Gasteiger partial charge on any atom is 0.334 e. The smallest absolute Gasteiger partial charge is 0.334 e. The van der Waals surface area contributed by atoms with Crippen LogP contribution in [0.3, 0.4) is 0 Å². The van der Waals surface area contributed by atoms with E-state index in [1.54, 1.807) is 6.33 Å². The molecule has 2 aromatic rings. The van der Waals surface area contributed by atoms with Gasteiger partial charge in [0.15, 0.2) is 19.1 Å². The first-order chi connectivity index (χ1) is 16.0. The largest absolute Gasteiger partial charge is 0.414 e. The number of nitrogens with zero attached hydrogens (tertiary/aromatic N) is 4. The van der Waals surface area contributed by atoms with Crippen LogP contribution in [-0.4, -0.2) is 51.8 Å². The Morgan fingerprint density at radius 1 is 1.17 bits per heavy atom. The van der Waals surface area contributed by atoms with E-state index in [2.05, 4.69) is 48.8 Å². The molecule has 9 nitrogen and oxygen atoms in total. The van der Waals surface area contributed by atoms with Crippen LogP contribution in [0.25, 0.3) is 11.2 Å². The Hall–Kier alpha value is -1.03. The molecule has 0 spiro atoms. The molecule has 2 N–H and O–H groups in total. The summed E-state index contributed by atoms with van der Waals surface area (Å²) in [5, 5.41) is 0.267. The first-order valence-electron chi connectivity index (χ1n) is 12.3. The fourth-order valence-corrected chi connectivity index (χ4v) is 8.49. The molecule has 0 saturated heterocycles. The molecule has 3 atom stereocenters. The zero-order valence-electron chi connectivity index (χ0n) is 22.4. The van der Waals surface area contributed by atoms with Gasteiger partial charge in [0, 0.05) is 12.5 Å². The van der Waals surface area contributed by atoms with Crippen LogP contribution < -0.4 is 5.73 Å². The number of halogens is 1. The summed E-state index contributed by atoms with van der Waals surface area (Å²) in [4.78, 5) is 12.8. The van der Waals surface area contributed by atoms with Crippen LogP contribution in [-0.2, 0) is 24.6 Å². The molecule has 0 aromatic carbocycles. The second-order valence-corrected chi connectivity index (χ2v) is 18.9. The van der Waals surface area contributed by atoms with Gasteiger partial charge in [-0.3, -0.25) is 4.57 Å². The lowest BCUT2D eigenvalue weighted by Crippen LogP contribution is -2.45. The number of hydrogen-bond donors (Lipinski definition) is 1. The molecule has 0 radical (unpaired) electrons. The topological polar surface area (TPSA) is 114 Å². The van der Waals surface area contributed by atoms with Gasteiger partial charge in [0.25, 0.3) is 0 Å². The zero-order valence-corrected chi connectivity index (χ0v) is 25.1. The molecule has 2 heterocycles. The third-order valence-corrected chi connectivity index (χ3v) is 14.4. The molecule has 3 rings (SSSR count). The van der Waals surface area contributed by atoms with Crippen molar-refractivity contribution in [2.45, 2.75) is 110 Å². The molecule has 0 amide bonds. The fraction of sp³-hybridized carbons (Fsp3) is 0.783. The number of aromatic nitrogens is 4. The van der Waals surface area contributed by atoms with Gasteiger partial charge in [-0.1, -0.05) is 32.4 Å². The van der Waals surface area contributed by atoms with Gasteiger partial charge in [-0.05, 0) is 58.7 Å². The molecule has 1 aliphatic carbocycles. The Morgan fingerprint density at radius 2 is 1.77 bits per heavy atom. The third-order valence-electron chi connectivity index (χ3n) is 6.89. The molecule has 2 aromatic heterocycles. The van der Waals surface area contributed by atoms with Crippen molar-refractivity contribution < 1.29 is 18.0 Å². The molecular weight excluding hydrogens is 505 g/mol. The van der Waals surface area contributed by atoms with Crippen LogP contribution in [0.5, 0.6) is 0 Å². The molecule has 35 heavy (non-hydrogen) atoms. The molecule has 1 saturated carbocycles. The minimum Gasteiger partial charge on any atom is -0.414 e. The average Bonchev–Trinajstić information content (AvgIpc) is 3.24. The van der Waals surface area contributed by atoms with Crippen molar-refractivity contribution in [1.29, 1.82) is 0 Å². The van der Waals surface area contributed by atoms with Crippen molar-refractivity contribution in [3.05, 3.63) is 11.5 Å². The predicted molar refractivity (Wildman–Crippen MR) is 143 cm³/mol. The number of nitrogens with two attached hydrogens (primary N) is 1. The van der Waals surface area contributed by atoms with Crippen molar-refractivity contribution in [2.75, 3.05) is 5.73 Å². The van der Waals surface area contributed by atoms with Gasteiger partial charge in [-0.15, -0.1) is 0 Å². The summed E-state index contributed by atoms with van der Waals surface area (Å²) in [5.41, 5.74) is 6.68. The van der Waals surface area contributed by atoms with Crippen molar-refractivity contribution >= 4 is 44.6 Å². The maximum atomic E-state index is 14.0.